The number of phenols is 1. The van der Waals surface area contributed by atoms with E-state index in [0.717, 1.165) is 43.5 Å². The number of fused-ring (bicyclic) bond motifs is 1. The molecule has 3 aliphatic rings. The molecular formula is C29H45NO5. The molecule has 2 bridgehead atoms. The number of benzene rings is 1. The fourth-order valence-electron chi connectivity index (χ4n) is 6.70. The van der Waals surface area contributed by atoms with E-state index >= 15 is 0 Å². The second kappa shape index (κ2) is 9.05. The lowest BCUT2D eigenvalue weighted by Gasteiger charge is -2.60. The minimum absolute atomic E-state index is 0.0611. The van der Waals surface area contributed by atoms with Crippen LogP contribution in [-0.4, -0.2) is 69.9 Å². The molecule has 0 saturated carbocycles. The van der Waals surface area contributed by atoms with E-state index in [1.807, 2.05) is 19.1 Å². The molecule has 1 aromatic rings. The summed E-state index contributed by atoms with van der Waals surface area (Å²) in [6, 6.07) is 3.67. The molecular weight excluding hydrogens is 442 g/mol. The van der Waals surface area contributed by atoms with E-state index in [4.69, 9.17) is 14.2 Å². The fourth-order valence-corrected chi connectivity index (χ4v) is 6.70. The topological polar surface area (TPSA) is 71.4 Å². The maximum Gasteiger partial charge on any atom is 0.165 e. The molecule has 196 valence electrons. The predicted molar refractivity (Wildman–Crippen MR) is 138 cm³/mol. The molecule has 2 aliphatic heterocycles. The van der Waals surface area contributed by atoms with E-state index in [1.54, 1.807) is 6.07 Å². The van der Waals surface area contributed by atoms with Gasteiger partial charge in [-0.2, -0.15) is 0 Å². The molecule has 1 aliphatic carbocycles. The zero-order chi connectivity index (χ0) is 25.8. The van der Waals surface area contributed by atoms with Gasteiger partial charge in [-0.25, -0.2) is 0 Å². The van der Waals surface area contributed by atoms with E-state index < -0.39 is 22.7 Å². The Kier molecular flexibility index (Phi) is 6.85. The number of phenolic OH excluding ortho intramolecular Hbond substituents is 1. The zero-order valence-electron chi connectivity index (χ0n) is 22.7. The van der Waals surface area contributed by atoms with Crippen LogP contribution in [0, 0.1) is 0 Å². The second-order valence-electron chi connectivity index (χ2n) is 12.4. The molecule has 1 fully saturated rings. The molecule has 4 rings (SSSR count). The lowest BCUT2D eigenvalue weighted by atomic mass is 9.53. The van der Waals surface area contributed by atoms with E-state index in [2.05, 4.69) is 53.0 Å². The van der Waals surface area contributed by atoms with Gasteiger partial charge in [-0.05, 0) is 85.4 Å². The highest BCUT2D eigenvalue weighted by atomic mass is 16.6. The first-order valence-electron chi connectivity index (χ1n) is 13.2. The van der Waals surface area contributed by atoms with Crippen molar-refractivity contribution in [1.29, 1.82) is 0 Å². The third kappa shape index (κ3) is 4.41. The van der Waals surface area contributed by atoms with Gasteiger partial charge in [0.2, 0.25) is 0 Å². The van der Waals surface area contributed by atoms with E-state index in [9.17, 15) is 10.2 Å². The van der Waals surface area contributed by atoms with Gasteiger partial charge >= 0.3 is 0 Å². The van der Waals surface area contributed by atoms with Crippen LogP contribution in [0.1, 0.15) is 78.9 Å². The average Bonchev–Trinajstić information content (AvgIpc) is 3.09. The number of nitrogens with zero attached hydrogens (tertiary/aromatic N) is 1. The highest BCUT2D eigenvalue weighted by Gasteiger charge is 2.69. The molecule has 0 radical (unpaired) electrons. The minimum Gasteiger partial charge on any atom is -0.504 e. The number of ether oxygens (including phenoxy) is 3. The predicted octanol–water partition coefficient (Wildman–Crippen LogP) is 4.74. The summed E-state index contributed by atoms with van der Waals surface area (Å²) in [4.78, 5) is 2.33. The van der Waals surface area contributed by atoms with Gasteiger partial charge in [-0.15, -0.1) is 6.58 Å². The van der Waals surface area contributed by atoms with Gasteiger partial charge in [0.25, 0.3) is 0 Å². The molecule has 2 heterocycles. The molecule has 6 heteroatoms. The lowest BCUT2D eigenvalue weighted by molar-refractivity contribution is -0.193. The normalized spacial score (nSPS) is 31.1. The summed E-state index contributed by atoms with van der Waals surface area (Å²) in [6.45, 7) is 20.5. The van der Waals surface area contributed by atoms with Crippen molar-refractivity contribution < 1.29 is 24.4 Å². The molecule has 1 saturated heterocycles. The monoisotopic (exact) mass is 487 g/mol. The fraction of sp³-hybridized carbons (Fsp3) is 0.724. The number of hydrogen-bond donors (Lipinski definition) is 2. The maximum atomic E-state index is 12.3. The van der Waals surface area contributed by atoms with Crippen LogP contribution in [0.3, 0.4) is 0 Å². The van der Waals surface area contributed by atoms with Crippen LogP contribution < -0.4 is 4.74 Å². The van der Waals surface area contributed by atoms with Crippen LogP contribution in [0.2, 0.25) is 0 Å². The summed E-state index contributed by atoms with van der Waals surface area (Å²) in [5.74, 6) is 0.667. The van der Waals surface area contributed by atoms with Gasteiger partial charge in [-0.1, -0.05) is 19.1 Å². The molecule has 0 aromatic heterocycles. The van der Waals surface area contributed by atoms with Crippen LogP contribution in [-0.2, 0) is 21.3 Å². The van der Waals surface area contributed by atoms with Crippen LogP contribution >= 0.6 is 0 Å². The molecule has 6 nitrogen and oxygen atoms in total. The Morgan fingerprint density at radius 2 is 2.00 bits per heavy atom. The largest absolute Gasteiger partial charge is 0.504 e. The Balaban J connectivity index is 1.70. The van der Waals surface area contributed by atoms with Crippen LogP contribution in [0.5, 0.6) is 11.5 Å². The summed E-state index contributed by atoms with van der Waals surface area (Å²) in [5.41, 5.74) is -0.207. The van der Waals surface area contributed by atoms with E-state index in [-0.39, 0.29) is 23.5 Å². The summed E-state index contributed by atoms with van der Waals surface area (Å²) >= 11 is 0. The van der Waals surface area contributed by atoms with Crippen LogP contribution in [0.4, 0.5) is 0 Å². The third-order valence-electron chi connectivity index (χ3n) is 8.41. The van der Waals surface area contributed by atoms with Gasteiger partial charge in [0.1, 0.15) is 6.10 Å². The van der Waals surface area contributed by atoms with Crippen molar-refractivity contribution >= 4 is 0 Å². The summed E-state index contributed by atoms with van der Waals surface area (Å²) in [5, 5.41) is 23.1. The van der Waals surface area contributed by atoms with Crippen molar-refractivity contribution in [2.45, 2.75) is 115 Å². The molecule has 4 unspecified atom stereocenters. The number of piperidine rings is 1. The Labute approximate surface area is 211 Å². The molecule has 35 heavy (non-hydrogen) atoms. The van der Waals surface area contributed by atoms with Gasteiger partial charge in [-0.3, -0.25) is 4.90 Å². The molecule has 1 spiro atoms. The van der Waals surface area contributed by atoms with Crippen molar-refractivity contribution in [3.63, 3.8) is 0 Å². The maximum absolute atomic E-state index is 12.3. The molecule has 1 aromatic carbocycles. The van der Waals surface area contributed by atoms with Crippen molar-refractivity contribution in [2.24, 2.45) is 0 Å². The molecule has 0 amide bonds. The Morgan fingerprint density at radius 1 is 1.29 bits per heavy atom. The average molecular weight is 488 g/mol. The zero-order valence-corrected chi connectivity index (χ0v) is 22.7. The van der Waals surface area contributed by atoms with Crippen molar-refractivity contribution in [3.05, 3.63) is 35.9 Å². The number of aliphatic hydroxyl groups is 1. The van der Waals surface area contributed by atoms with E-state index in [1.165, 1.54) is 0 Å². The highest BCUT2D eigenvalue weighted by molar-refractivity contribution is 5.61. The smallest absolute Gasteiger partial charge is 0.165 e. The highest BCUT2D eigenvalue weighted by Crippen LogP contribution is 2.62. The first-order chi connectivity index (χ1) is 16.3. The van der Waals surface area contributed by atoms with E-state index in [0.29, 0.717) is 18.8 Å². The Morgan fingerprint density at radius 3 is 2.63 bits per heavy atom. The standard InChI is InChI=1S/C29H45NO5/c1-9-15-30-16-13-29-23-19(18-22(30)28(29,8)32)11-12-20(31)24(23)34-25(29)21(10-2)35-27(6,7)14-17-33-26(3,4)5/h9,11-12,21-22,25,31-32H,1,10,13-18H2,2-8H3/t21?,22?,25-,28?,29?/m0/s1. The summed E-state index contributed by atoms with van der Waals surface area (Å²) in [7, 11) is 0. The first kappa shape index (κ1) is 26.5. The van der Waals surface area contributed by atoms with Gasteiger partial charge in [0.15, 0.2) is 11.5 Å². The minimum atomic E-state index is -1.05. The first-order valence-corrected chi connectivity index (χ1v) is 13.2. The Bertz CT molecular complexity index is 949. The number of hydrogen-bond acceptors (Lipinski definition) is 6. The van der Waals surface area contributed by atoms with Crippen LogP contribution in [0.25, 0.3) is 0 Å². The second-order valence-corrected chi connectivity index (χ2v) is 12.4. The third-order valence-corrected chi connectivity index (χ3v) is 8.41. The Hall–Kier alpha value is -1.60. The van der Waals surface area contributed by atoms with Crippen molar-refractivity contribution in [3.8, 4) is 11.5 Å². The number of aromatic hydroxyl groups is 1. The summed E-state index contributed by atoms with van der Waals surface area (Å²) < 4.78 is 19.4. The van der Waals surface area contributed by atoms with Crippen molar-refractivity contribution in [2.75, 3.05) is 19.7 Å². The molecule has 2 N–H and O–H groups in total. The van der Waals surface area contributed by atoms with Gasteiger partial charge in [0.05, 0.1) is 28.3 Å². The SMILES string of the molecule is C=CCN1CCC23c4c(ccc(O)c4O[C@H]2C(CC)OC(C)(C)CCOC(C)(C)C)CC1C3(C)O. The van der Waals surface area contributed by atoms with Crippen molar-refractivity contribution in [1.82, 2.24) is 4.90 Å². The van der Waals surface area contributed by atoms with Gasteiger partial charge < -0.3 is 24.4 Å². The summed E-state index contributed by atoms with van der Waals surface area (Å²) in [6.07, 6.45) is 4.18. The lowest BCUT2D eigenvalue weighted by Crippen LogP contribution is -2.74. The number of rotatable bonds is 9. The number of likely N-dealkylation sites (tertiary alicyclic amines) is 1. The quantitative estimate of drug-likeness (QED) is 0.491. The molecule has 5 atom stereocenters. The van der Waals surface area contributed by atoms with Gasteiger partial charge in [0, 0.05) is 24.8 Å². The van der Waals surface area contributed by atoms with Crippen LogP contribution in [0.15, 0.2) is 24.8 Å².